The Bertz CT molecular complexity index is 411. The number of benzene rings is 1. The summed E-state index contributed by atoms with van der Waals surface area (Å²) in [6.45, 7) is 8.74. The third kappa shape index (κ3) is 6.75. The summed E-state index contributed by atoms with van der Waals surface area (Å²) in [7, 11) is 0. The fraction of sp³-hybridized carbons (Fsp3) is 0.550. The van der Waals surface area contributed by atoms with Gasteiger partial charge >= 0.3 is 0 Å². The predicted molar refractivity (Wildman–Crippen MR) is 91.7 cm³/mol. The van der Waals surface area contributed by atoms with Gasteiger partial charge in [-0.2, -0.15) is 0 Å². The van der Waals surface area contributed by atoms with Gasteiger partial charge in [-0.1, -0.05) is 82.0 Å². The van der Waals surface area contributed by atoms with Crippen molar-refractivity contribution >= 4 is 5.78 Å². The van der Waals surface area contributed by atoms with E-state index in [2.05, 4.69) is 20.4 Å². The van der Waals surface area contributed by atoms with Crippen LogP contribution in [0.3, 0.4) is 0 Å². The molecule has 0 aliphatic rings. The normalized spacial score (nSPS) is 10.8. The van der Waals surface area contributed by atoms with E-state index in [1.807, 2.05) is 30.3 Å². The molecule has 0 bridgehead atoms. The van der Waals surface area contributed by atoms with Gasteiger partial charge in [-0.05, 0) is 25.2 Å². The van der Waals surface area contributed by atoms with Crippen LogP contribution in [0.25, 0.3) is 0 Å². The molecule has 0 unspecified atom stereocenters. The fourth-order valence-corrected chi connectivity index (χ4v) is 2.70. The number of carbonyl (C=O) groups is 1. The van der Waals surface area contributed by atoms with E-state index in [-0.39, 0.29) is 5.78 Å². The van der Waals surface area contributed by atoms with Gasteiger partial charge < -0.3 is 0 Å². The molecule has 0 aromatic heterocycles. The molecule has 1 aromatic rings. The number of hydrogen-bond acceptors (Lipinski definition) is 1. The first kappa shape index (κ1) is 17.7. The largest absolute Gasteiger partial charge is 0.294 e. The first-order valence-electron chi connectivity index (χ1n) is 8.44. The van der Waals surface area contributed by atoms with E-state index < -0.39 is 0 Å². The van der Waals surface area contributed by atoms with Crippen LogP contribution < -0.4 is 0 Å². The highest BCUT2D eigenvalue weighted by atomic mass is 16.1. The Morgan fingerprint density at radius 1 is 1.00 bits per heavy atom. The van der Waals surface area contributed by atoms with E-state index in [9.17, 15) is 4.79 Å². The lowest BCUT2D eigenvalue weighted by atomic mass is 9.86. The molecule has 0 atom stereocenters. The highest BCUT2D eigenvalue weighted by Crippen LogP contribution is 2.26. The van der Waals surface area contributed by atoms with Crippen molar-refractivity contribution < 1.29 is 4.79 Å². The Morgan fingerprint density at radius 2 is 1.57 bits per heavy atom. The summed E-state index contributed by atoms with van der Waals surface area (Å²) < 4.78 is 0. The molecule has 0 radical (unpaired) electrons. The summed E-state index contributed by atoms with van der Waals surface area (Å²) >= 11 is 0. The molecule has 0 aliphatic carbocycles. The maximum Gasteiger partial charge on any atom is 0.163 e. The Kier molecular flexibility index (Phi) is 8.73. The summed E-state index contributed by atoms with van der Waals surface area (Å²) in [5.74, 6) is 0.843. The van der Waals surface area contributed by atoms with Gasteiger partial charge in [0.25, 0.3) is 0 Å². The van der Waals surface area contributed by atoms with Gasteiger partial charge in [-0.3, -0.25) is 4.79 Å². The Hall–Kier alpha value is -1.37. The minimum atomic E-state index is 0.237. The number of allylic oxidation sites excluding steroid dienone is 1. The van der Waals surface area contributed by atoms with Crippen LogP contribution in [0.15, 0.2) is 42.5 Å². The van der Waals surface area contributed by atoms with Crippen LogP contribution in [0.4, 0.5) is 0 Å². The van der Waals surface area contributed by atoms with Crippen molar-refractivity contribution in [2.75, 3.05) is 0 Å². The molecule has 0 aliphatic heterocycles. The lowest BCUT2D eigenvalue weighted by Crippen LogP contribution is -2.07. The molecule has 0 spiro atoms. The molecule has 0 fully saturated rings. The van der Waals surface area contributed by atoms with Crippen molar-refractivity contribution in [2.24, 2.45) is 5.92 Å². The quantitative estimate of drug-likeness (QED) is 0.349. The average Bonchev–Trinajstić information content (AvgIpc) is 2.53. The number of rotatable bonds is 11. The van der Waals surface area contributed by atoms with Gasteiger partial charge in [0.15, 0.2) is 5.78 Å². The van der Waals surface area contributed by atoms with Crippen molar-refractivity contribution in [2.45, 2.75) is 65.2 Å². The molecule has 1 heteroatoms. The summed E-state index contributed by atoms with van der Waals surface area (Å²) in [6.07, 6.45) is 8.89. The topological polar surface area (TPSA) is 17.1 Å². The second-order valence-corrected chi connectivity index (χ2v) is 5.93. The monoisotopic (exact) mass is 286 g/mol. The smallest absolute Gasteiger partial charge is 0.163 e. The van der Waals surface area contributed by atoms with E-state index in [1.165, 1.54) is 44.1 Å². The van der Waals surface area contributed by atoms with Crippen molar-refractivity contribution in [3.05, 3.63) is 48.0 Å². The predicted octanol–water partition coefficient (Wildman–Crippen LogP) is 6.20. The van der Waals surface area contributed by atoms with Crippen molar-refractivity contribution in [3.8, 4) is 0 Å². The van der Waals surface area contributed by atoms with Crippen LogP contribution >= 0.6 is 0 Å². The number of ketones is 1. The summed E-state index contributed by atoms with van der Waals surface area (Å²) in [4.78, 5) is 12.2. The fourth-order valence-electron chi connectivity index (χ4n) is 2.70. The minimum absolute atomic E-state index is 0.237. The average molecular weight is 286 g/mol. The van der Waals surface area contributed by atoms with E-state index in [4.69, 9.17) is 0 Å². The second-order valence-electron chi connectivity index (χ2n) is 5.93. The molecule has 0 saturated heterocycles. The highest BCUT2D eigenvalue weighted by molar-refractivity contribution is 5.96. The maximum absolute atomic E-state index is 12.2. The van der Waals surface area contributed by atoms with Gasteiger partial charge in [0.05, 0.1) is 0 Å². The molecule has 1 aromatic carbocycles. The Balaban J connectivity index is 2.46. The van der Waals surface area contributed by atoms with Crippen LogP contribution in [0.5, 0.6) is 0 Å². The standard InChI is InChI=1S/C20H30O/c1-4-6-11-18(12-7-5-2)17(3)15-16-20(21)19-13-9-8-10-14-19/h8-10,13-14,18H,3-7,11-12,15-16H2,1-2H3. The van der Waals surface area contributed by atoms with Crippen molar-refractivity contribution in [1.29, 1.82) is 0 Å². The van der Waals surface area contributed by atoms with Crippen LogP contribution in [0.2, 0.25) is 0 Å². The minimum Gasteiger partial charge on any atom is -0.294 e. The second kappa shape index (κ2) is 10.4. The number of hydrogen-bond donors (Lipinski definition) is 0. The van der Waals surface area contributed by atoms with E-state index in [0.717, 1.165) is 12.0 Å². The van der Waals surface area contributed by atoms with Crippen LogP contribution in [-0.2, 0) is 0 Å². The molecule has 1 nitrogen and oxygen atoms in total. The van der Waals surface area contributed by atoms with Gasteiger partial charge in [-0.25, -0.2) is 0 Å². The Labute approximate surface area is 130 Å². The van der Waals surface area contributed by atoms with Crippen molar-refractivity contribution in [1.82, 2.24) is 0 Å². The van der Waals surface area contributed by atoms with Crippen LogP contribution in [0.1, 0.15) is 75.6 Å². The molecule has 21 heavy (non-hydrogen) atoms. The zero-order chi connectivity index (χ0) is 15.5. The zero-order valence-electron chi connectivity index (χ0n) is 13.7. The molecule has 0 saturated carbocycles. The molecule has 0 heterocycles. The summed E-state index contributed by atoms with van der Waals surface area (Å²) in [5.41, 5.74) is 2.10. The first-order valence-corrected chi connectivity index (χ1v) is 8.44. The lowest BCUT2D eigenvalue weighted by molar-refractivity contribution is 0.0982. The van der Waals surface area contributed by atoms with Crippen LogP contribution in [-0.4, -0.2) is 5.78 Å². The molecule has 116 valence electrons. The third-order valence-corrected chi connectivity index (χ3v) is 4.16. The van der Waals surface area contributed by atoms with Crippen molar-refractivity contribution in [3.63, 3.8) is 0 Å². The summed E-state index contributed by atoms with van der Waals surface area (Å²) in [6, 6.07) is 9.59. The first-order chi connectivity index (χ1) is 10.2. The number of carbonyl (C=O) groups excluding carboxylic acids is 1. The number of unbranched alkanes of at least 4 members (excludes halogenated alkanes) is 2. The molecular formula is C20H30O. The SMILES string of the molecule is C=C(CCC(=O)c1ccccc1)C(CCCC)CCCC. The van der Waals surface area contributed by atoms with E-state index in [0.29, 0.717) is 12.3 Å². The molecule has 1 rings (SSSR count). The molecule has 0 N–H and O–H groups in total. The number of Topliss-reactive ketones (excluding diaryl/α,β-unsaturated/α-hetero) is 1. The van der Waals surface area contributed by atoms with Gasteiger partial charge in [0, 0.05) is 12.0 Å². The van der Waals surface area contributed by atoms with Crippen LogP contribution in [0, 0.1) is 5.92 Å². The van der Waals surface area contributed by atoms with E-state index in [1.54, 1.807) is 0 Å². The van der Waals surface area contributed by atoms with Gasteiger partial charge in [0.1, 0.15) is 0 Å². The maximum atomic E-state index is 12.2. The highest BCUT2D eigenvalue weighted by Gasteiger charge is 2.14. The third-order valence-electron chi connectivity index (χ3n) is 4.16. The molecule has 0 amide bonds. The Morgan fingerprint density at radius 3 is 2.10 bits per heavy atom. The lowest BCUT2D eigenvalue weighted by Gasteiger charge is -2.19. The van der Waals surface area contributed by atoms with Gasteiger partial charge in [-0.15, -0.1) is 0 Å². The zero-order valence-corrected chi connectivity index (χ0v) is 13.7. The summed E-state index contributed by atoms with van der Waals surface area (Å²) in [5, 5.41) is 0. The molecular weight excluding hydrogens is 256 g/mol. The van der Waals surface area contributed by atoms with Gasteiger partial charge in [0.2, 0.25) is 0 Å². The van der Waals surface area contributed by atoms with E-state index >= 15 is 0 Å².